The van der Waals surface area contributed by atoms with Gasteiger partial charge in [-0.15, -0.1) is 11.3 Å². The van der Waals surface area contributed by atoms with E-state index in [4.69, 9.17) is 4.74 Å². The summed E-state index contributed by atoms with van der Waals surface area (Å²) in [4.78, 5) is 19.7. The molecule has 5 nitrogen and oxygen atoms in total. The third-order valence-corrected chi connectivity index (χ3v) is 4.67. The number of thiophene rings is 1. The van der Waals surface area contributed by atoms with Crippen LogP contribution >= 0.6 is 11.3 Å². The number of fused-ring (bicyclic) bond motifs is 1. The molecule has 6 heteroatoms. The van der Waals surface area contributed by atoms with Crippen molar-refractivity contribution in [3.05, 3.63) is 40.2 Å². The Balaban J connectivity index is 1.70. The van der Waals surface area contributed by atoms with Gasteiger partial charge in [0.1, 0.15) is 6.10 Å². The third kappa shape index (κ3) is 3.13. The fraction of sp³-hybridized carbons (Fsp3) is 0.375. The zero-order chi connectivity index (χ0) is 15.5. The molecule has 0 saturated heterocycles. The zero-order valence-electron chi connectivity index (χ0n) is 12.7. The van der Waals surface area contributed by atoms with Crippen LogP contribution in [-0.2, 0) is 16.0 Å². The van der Waals surface area contributed by atoms with Gasteiger partial charge in [0.15, 0.2) is 5.82 Å². The second-order valence-corrected chi connectivity index (χ2v) is 6.39. The van der Waals surface area contributed by atoms with Crippen molar-refractivity contribution < 1.29 is 9.53 Å². The molecule has 1 aliphatic heterocycles. The molecule has 116 valence electrons. The average Bonchev–Trinajstić information content (AvgIpc) is 2.97. The summed E-state index contributed by atoms with van der Waals surface area (Å²) in [6.45, 7) is 0.678. The number of anilines is 2. The molecule has 1 amide bonds. The van der Waals surface area contributed by atoms with Gasteiger partial charge < -0.3 is 15.0 Å². The average molecular weight is 317 g/mol. The molecular weight excluding hydrogens is 298 g/mol. The van der Waals surface area contributed by atoms with Gasteiger partial charge in [-0.05, 0) is 35.6 Å². The topological polar surface area (TPSA) is 54.5 Å². The molecule has 3 rings (SSSR count). The maximum absolute atomic E-state index is 12.4. The molecular formula is C16H19N3O2S. The number of nitrogens with zero attached hydrogens (tertiary/aromatic N) is 2. The Morgan fingerprint density at radius 3 is 3.18 bits per heavy atom. The first-order valence-electron chi connectivity index (χ1n) is 7.25. The monoisotopic (exact) mass is 317 g/mol. The minimum Gasteiger partial charge on any atom is -0.372 e. The number of pyridine rings is 1. The number of hydrogen-bond donors (Lipinski definition) is 1. The standard InChI is InChI=1S/C16H19N3O2S/c1-19(2)16-12(4-3-7-17-16)18-14(20)10-13-15-11(5-8-21-13)6-9-22-15/h3-4,6-7,9,13H,5,8,10H2,1-2H3,(H,18,20). The molecule has 3 heterocycles. The second kappa shape index (κ2) is 6.46. The van der Waals surface area contributed by atoms with E-state index >= 15 is 0 Å². The van der Waals surface area contributed by atoms with Crippen LogP contribution in [0.5, 0.6) is 0 Å². The summed E-state index contributed by atoms with van der Waals surface area (Å²) in [5, 5.41) is 5.01. The van der Waals surface area contributed by atoms with E-state index < -0.39 is 0 Å². The lowest BCUT2D eigenvalue weighted by atomic mass is 10.1. The molecule has 0 saturated carbocycles. The fourth-order valence-corrected chi connectivity index (χ4v) is 3.60. The highest BCUT2D eigenvalue weighted by molar-refractivity contribution is 7.10. The summed E-state index contributed by atoms with van der Waals surface area (Å²) in [6, 6.07) is 5.80. The molecule has 0 aliphatic carbocycles. The van der Waals surface area contributed by atoms with Gasteiger partial charge >= 0.3 is 0 Å². The summed E-state index contributed by atoms with van der Waals surface area (Å²) in [5.74, 6) is 0.694. The molecule has 0 spiro atoms. The maximum Gasteiger partial charge on any atom is 0.227 e. The van der Waals surface area contributed by atoms with Crippen molar-refractivity contribution in [1.82, 2.24) is 4.98 Å². The molecule has 0 fully saturated rings. The number of aromatic nitrogens is 1. The number of rotatable bonds is 4. The Labute approximate surface area is 133 Å². The van der Waals surface area contributed by atoms with Crippen molar-refractivity contribution >= 4 is 28.7 Å². The third-order valence-electron chi connectivity index (χ3n) is 3.62. The molecule has 22 heavy (non-hydrogen) atoms. The summed E-state index contributed by atoms with van der Waals surface area (Å²) in [5.41, 5.74) is 2.03. The molecule has 1 unspecified atom stereocenters. The van der Waals surface area contributed by atoms with Crippen molar-refractivity contribution in [1.29, 1.82) is 0 Å². The van der Waals surface area contributed by atoms with Gasteiger partial charge in [0, 0.05) is 25.2 Å². The Hall–Kier alpha value is -1.92. The lowest BCUT2D eigenvalue weighted by molar-refractivity contribution is -0.119. The van der Waals surface area contributed by atoms with Crippen LogP contribution < -0.4 is 10.2 Å². The largest absolute Gasteiger partial charge is 0.372 e. The van der Waals surface area contributed by atoms with Crippen LogP contribution in [0.15, 0.2) is 29.8 Å². The molecule has 0 aromatic carbocycles. The van der Waals surface area contributed by atoms with Crippen LogP contribution in [0.2, 0.25) is 0 Å². The molecule has 2 aromatic rings. The van der Waals surface area contributed by atoms with Gasteiger partial charge in [-0.3, -0.25) is 4.79 Å². The van der Waals surface area contributed by atoms with Crippen molar-refractivity contribution in [2.24, 2.45) is 0 Å². The number of ether oxygens (including phenoxy) is 1. The molecule has 2 aromatic heterocycles. The first-order valence-corrected chi connectivity index (χ1v) is 8.13. The fourth-order valence-electron chi connectivity index (χ4n) is 2.60. The molecule has 1 atom stereocenters. The quantitative estimate of drug-likeness (QED) is 0.942. The van der Waals surface area contributed by atoms with Gasteiger partial charge in [-0.1, -0.05) is 0 Å². The van der Waals surface area contributed by atoms with Crippen LogP contribution in [0.3, 0.4) is 0 Å². The van der Waals surface area contributed by atoms with E-state index in [0.717, 1.165) is 17.9 Å². The smallest absolute Gasteiger partial charge is 0.227 e. The summed E-state index contributed by atoms with van der Waals surface area (Å²) < 4.78 is 5.77. The summed E-state index contributed by atoms with van der Waals surface area (Å²) in [6.07, 6.45) is 2.84. The second-order valence-electron chi connectivity index (χ2n) is 5.44. The lowest BCUT2D eigenvalue weighted by Crippen LogP contribution is -2.22. The SMILES string of the molecule is CN(C)c1ncccc1NC(=O)CC1OCCc2ccsc21. The molecule has 0 radical (unpaired) electrons. The van der Waals surface area contributed by atoms with Crippen molar-refractivity contribution in [3.63, 3.8) is 0 Å². The van der Waals surface area contributed by atoms with Gasteiger partial charge in [-0.2, -0.15) is 0 Å². The van der Waals surface area contributed by atoms with Crippen LogP contribution in [0, 0.1) is 0 Å². The number of carbonyl (C=O) groups excluding carboxylic acids is 1. The molecule has 1 aliphatic rings. The van der Waals surface area contributed by atoms with E-state index in [2.05, 4.69) is 21.7 Å². The normalized spacial score (nSPS) is 16.9. The van der Waals surface area contributed by atoms with Crippen LogP contribution in [0.4, 0.5) is 11.5 Å². The van der Waals surface area contributed by atoms with Crippen molar-refractivity contribution in [3.8, 4) is 0 Å². The van der Waals surface area contributed by atoms with Crippen LogP contribution in [0.25, 0.3) is 0 Å². The van der Waals surface area contributed by atoms with Crippen molar-refractivity contribution in [2.75, 3.05) is 30.9 Å². The van der Waals surface area contributed by atoms with E-state index in [-0.39, 0.29) is 12.0 Å². The van der Waals surface area contributed by atoms with E-state index in [1.807, 2.05) is 31.1 Å². The summed E-state index contributed by atoms with van der Waals surface area (Å²) in [7, 11) is 3.81. The number of hydrogen-bond acceptors (Lipinski definition) is 5. The van der Waals surface area contributed by atoms with Crippen LogP contribution in [-0.4, -0.2) is 31.6 Å². The van der Waals surface area contributed by atoms with Gasteiger partial charge in [-0.25, -0.2) is 4.98 Å². The predicted molar refractivity (Wildman–Crippen MR) is 88.5 cm³/mol. The number of carbonyl (C=O) groups is 1. The number of amides is 1. The first kappa shape index (κ1) is 15.0. The minimum absolute atomic E-state index is 0.0534. The van der Waals surface area contributed by atoms with Crippen molar-refractivity contribution in [2.45, 2.75) is 18.9 Å². The van der Waals surface area contributed by atoms with E-state index in [0.29, 0.717) is 13.0 Å². The Morgan fingerprint density at radius 1 is 1.50 bits per heavy atom. The Kier molecular flexibility index (Phi) is 4.40. The lowest BCUT2D eigenvalue weighted by Gasteiger charge is -2.23. The molecule has 1 N–H and O–H groups in total. The first-order chi connectivity index (χ1) is 10.6. The van der Waals surface area contributed by atoms with E-state index in [1.165, 1.54) is 10.4 Å². The van der Waals surface area contributed by atoms with E-state index in [1.54, 1.807) is 17.5 Å². The number of nitrogens with one attached hydrogen (secondary N) is 1. The Morgan fingerprint density at radius 2 is 2.36 bits per heavy atom. The van der Waals surface area contributed by atoms with E-state index in [9.17, 15) is 4.79 Å². The molecule has 0 bridgehead atoms. The highest BCUT2D eigenvalue weighted by Gasteiger charge is 2.25. The highest BCUT2D eigenvalue weighted by Crippen LogP contribution is 2.34. The predicted octanol–water partition coefficient (Wildman–Crippen LogP) is 2.85. The highest BCUT2D eigenvalue weighted by atomic mass is 32.1. The van der Waals surface area contributed by atoms with Gasteiger partial charge in [0.2, 0.25) is 5.91 Å². The van der Waals surface area contributed by atoms with Gasteiger partial charge in [0.25, 0.3) is 0 Å². The zero-order valence-corrected chi connectivity index (χ0v) is 13.5. The summed E-state index contributed by atoms with van der Waals surface area (Å²) >= 11 is 1.66. The van der Waals surface area contributed by atoms with Gasteiger partial charge in [0.05, 0.1) is 18.7 Å². The van der Waals surface area contributed by atoms with Crippen LogP contribution in [0.1, 0.15) is 23.0 Å². The maximum atomic E-state index is 12.4. The Bertz CT molecular complexity index is 669. The minimum atomic E-state index is -0.136.